The third-order valence-electron chi connectivity index (χ3n) is 2.48. The summed E-state index contributed by atoms with van der Waals surface area (Å²) in [6.45, 7) is 8.19. The zero-order valence-corrected chi connectivity index (χ0v) is 12.2. The first kappa shape index (κ1) is 14.5. The molecule has 1 heterocycles. The predicted molar refractivity (Wildman–Crippen MR) is 68.2 cm³/mol. The van der Waals surface area contributed by atoms with Crippen molar-refractivity contribution >= 4 is 11.8 Å². The van der Waals surface area contributed by atoms with Crippen LogP contribution < -0.4 is 0 Å². The largest absolute Gasteiger partial charge is 0.353 e. The van der Waals surface area contributed by atoms with E-state index in [0.29, 0.717) is 5.75 Å². The Labute approximate surface area is 107 Å². The number of hydrogen-bond acceptors (Lipinski definition) is 5. The van der Waals surface area contributed by atoms with Crippen LogP contribution in [0.1, 0.15) is 27.7 Å². The van der Waals surface area contributed by atoms with Crippen molar-refractivity contribution in [3.05, 3.63) is 6.33 Å². The number of aromatic nitrogens is 3. The molecule has 0 aliphatic heterocycles. The van der Waals surface area contributed by atoms with E-state index in [1.165, 1.54) is 0 Å². The first-order valence-electron chi connectivity index (χ1n) is 5.46. The second kappa shape index (κ2) is 5.37. The minimum atomic E-state index is -0.598. The lowest BCUT2D eigenvalue weighted by atomic mass is 10.1. The van der Waals surface area contributed by atoms with Gasteiger partial charge in [0.2, 0.25) is 0 Å². The van der Waals surface area contributed by atoms with Crippen LogP contribution in [0.3, 0.4) is 0 Å². The van der Waals surface area contributed by atoms with Crippen LogP contribution in [0.2, 0.25) is 0 Å². The Balaban J connectivity index is 2.74. The van der Waals surface area contributed by atoms with E-state index < -0.39 is 5.79 Å². The zero-order valence-electron chi connectivity index (χ0n) is 11.4. The lowest BCUT2D eigenvalue weighted by Crippen LogP contribution is -2.33. The molecule has 0 aliphatic rings. The lowest BCUT2D eigenvalue weighted by Gasteiger charge is -2.26. The highest BCUT2D eigenvalue weighted by Crippen LogP contribution is 2.26. The number of ether oxygens (including phenoxy) is 2. The van der Waals surface area contributed by atoms with Crippen LogP contribution in [0.25, 0.3) is 0 Å². The molecule has 0 fully saturated rings. The molecule has 0 N–H and O–H groups in total. The third-order valence-corrected chi connectivity index (χ3v) is 3.68. The highest BCUT2D eigenvalue weighted by molar-refractivity contribution is 7.99. The molecule has 0 bridgehead atoms. The summed E-state index contributed by atoms with van der Waals surface area (Å²) in [5, 5.41) is 5.12. The molecule has 98 valence electrons. The fourth-order valence-electron chi connectivity index (χ4n) is 1.19. The van der Waals surface area contributed by atoms with E-state index in [2.05, 4.69) is 30.9 Å². The van der Waals surface area contributed by atoms with Crippen molar-refractivity contribution in [2.75, 3.05) is 20.0 Å². The van der Waals surface area contributed by atoms with Crippen molar-refractivity contribution in [2.24, 2.45) is 0 Å². The lowest BCUT2D eigenvalue weighted by molar-refractivity contribution is -0.175. The minimum absolute atomic E-state index is 0.0740. The van der Waals surface area contributed by atoms with Gasteiger partial charge in [-0.3, -0.25) is 0 Å². The van der Waals surface area contributed by atoms with Gasteiger partial charge in [0, 0.05) is 14.2 Å². The van der Waals surface area contributed by atoms with E-state index >= 15 is 0 Å². The monoisotopic (exact) mass is 259 g/mol. The molecule has 0 radical (unpaired) electrons. The molecule has 0 aliphatic carbocycles. The molecule has 5 nitrogen and oxygen atoms in total. The molecule has 1 rings (SSSR count). The Morgan fingerprint density at radius 2 is 1.82 bits per heavy atom. The molecule has 0 saturated carbocycles. The molecule has 1 aromatic heterocycles. The summed E-state index contributed by atoms with van der Waals surface area (Å²) in [5.74, 6) is 0.0636. The summed E-state index contributed by atoms with van der Waals surface area (Å²) in [7, 11) is 3.27. The number of nitrogens with zero attached hydrogens (tertiary/aromatic N) is 3. The molecule has 0 saturated heterocycles. The first-order valence-corrected chi connectivity index (χ1v) is 6.44. The van der Waals surface area contributed by atoms with Gasteiger partial charge in [-0.25, -0.2) is 9.67 Å². The topological polar surface area (TPSA) is 49.2 Å². The Morgan fingerprint density at radius 3 is 2.29 bits per heavy atom. The fourth-order valence-corrected chi connectivity index (χ4v) is 2.38. The molecular formula is C11H21N3O2S. The van der Waals surface area contributed by atoms with E-state index in [0.717, 1.165) is 5.16 Å². The van der Waals surface area contributed by atoms with E-state index in [1.54, 1.807) is 32.3 Å². The van der Waals surface area contributed by atoms with E-state index in [4.69, 9.17) is 9.47 Å². The molecule has 0 amide bonds. The van der Waals surface area contributed by atoms with E-state index in [9.17, 15) is 0 Å². The van der Waals surface area contributed by atoms with Gasteiger partial charge in [-0.1, -0.05) is 11.8 Å². The number of thioether (sulfide) groups is 1. The first-order chi connectivity index (χ1) is 7.82. The molecule has 0 atom stereocenters. The van der Waals surface area contributed by atoms with Gasteiger partial charge in [-0.05, 0) is 27.7 Å². The van der Waals surface area contributed by atoms with Crippen molar-refractivity contribution in [3.8, 4) is 0 Å². The second-order valence-electron chi connectivity index (χ2n) is 4.96. The predicted octanol–water partition coefficient (Wildman–Crippen LogP) is 2.13. The van der Waals surface area contributed by atoms with Gasteiger partial charge in [0.05, 0.1) is 11.3 Å². The Bertz CT molecular complexity index is 356. The normalized spacial score (nSPS) is 13.1. The van der Waals surface area contributed by atoms with Crippen molar-refractivity contribution in [1.29, 1.82) is 0 Å². The van der Waals surface area contributed by atoms with Gasteiger partial charge < -0.3 is 9.47 Å². The number of rotatable bonds is 5. The summed E-state index contributed by atoms with van der Waals surface area (Å²) < 4.78 is 12.5. The van der Waals surface area contributed by atoms with Gasteiger partial charge in [0.15, 0.2) is 10.9 Å². The maximum Gasteiger partial charge on any atom is 0.186 e. The Hall–Kier alpha value is -0.590. The van der Waals surface area contributed by atoms with Crippen molar-refractivity contribution in [2.45, 2.75) is 44.2 Å². The molecule has 17 heavy (non-hydrogen) atoms. The van der Waals surface area contributed by atoms with Crippen LogP contribution in [0.4, 0.5) is 0 Å². The zero-order chi connectivity index (χ0) is 13.1. The molecule has 0 spiro atoms. The maximum absolute atomic E-state index is 5.31. The Morgan fingerprint density at radius 1 is 1.24 bits per heavy atom. The van der Waals surface area contributed by atoms with Crippen LogP contribution in [-0.4, -0.2) is 40.5 Å². The van der Waals surface area contributed by atoms with Crippen LogP contribution in [0.15, 0.2) is 11.5 Å². The van der Waals surface area contributed by atoms with Gasteiger partial charge >= 0.3 is 0 Å². The Kier molecular flexibility index (Phi) is 4.57. The molecule has 1 aromatic rings. The second-order valence-corrected chi connectivity index (χ2v) is 5.90. The molecule has 0 unspecified atom stereocenters. The highest BCUT2D eigenvalue weighted by Gasteiger charge is 2.26. The van der Waals surface area contributed by atoms with Crippen molar-refractivity contribution < 1.29 is 9.47 Å². The van der Waals surface area contributed by atoms with Gasteiger partial charge in [0.25, 0.3) is 0 Å². The maximum atomic E-state index is 5.31. The third kappa shape index (κ3) is 3.69. The van der Waals surface area contributed by atoms with Crippen LogP contribution in [0.5, 0.6) is 0 Å². The van der Waals surface area contributed by atoms with Gasteiger partial charge in [-0.2, -0.15) is 5.10 Å². The van der Waals surface area contributed by atoms with E-state index in [1.807, 2.05) is 11.6 Å². The molecule has 6 heteroatoms. The van der Waals surface area contributed by atoms with Gasteiger partial charge in [0.1, 0.15) is 6.33 Å². The molecular weight excluding hydrogens is 238 g/mol. The summed E-state index contributed by atoms with van der Waals surface area (Å²) in [4.78, 5) is 4.26. The van der Waals surface area contributed by atoms with E-state index in [-0.39, 0.29) is 5.54 Å². The average molecular weight is 259 g/mol. The summed E-state index contributed by atoms with van der Waals surface area (Å²) in [6, 6.07) is 0. The van der Waals surface area contributed by atoms with Crippen molar-refractivity contribution in [3.63, 3.8) is 0 Å². The highest BCUT2D eigenvalue weighted by atomic mass is 32.2. The smallest absolute Gasteiger partial charge is 0.186 e. The SMILES string of the molecule is COC(C)(CSc1ncnn1C(C)(C)C)OC. The fraction of sp³-hybridized carbons (Fsp3) is 0.818. The molecule has 0 aromatic carbocycles. The quantitative estimate of drug-likeness (QED) is 0.599. The summed E-state index contributed by atoms with van der Waals surface area (Å²) in [5.41, 5.74) is -0.0740. The number of methoxy groups -OCH3 is 2. The summed E-state index contributed by atoms with van der Waals surface area (Å²) >= 11 is 1.58. The average Bonchev–Trinajstić information content (AvgIpc) is 2.74. The van der Waals surface area contributed by atoms with Crippen LogP contribution in [-0.2, 0) is 15.0 Å². The van der Waals surface area contributed by atoms with Gasteiger partial charge in [-0.15, -0.1) is 0 Å². The van der Waals surface area contributed by atoms with Crippen LogP contribution >= 0.6 is 11.8 Å². The minimum Gasteiger partial charge on any atom is -0.353 e. The summed E-state index contributed by atoms with van der Waals surface area (Å²) in [6.07, 6.45) is 1.57. The van der Waals surface area contributed by atoms with Crippen molar-refractivity contribution in [1.82, 2.24) is 14.8 Å². The number of hydrogen-bond donors (Lipinski definition) is 0. The standard InChI is InChI=1S/C11H21N3O2S/c1-10(2,3)14-9(12-8-13-14)17-7-11(4,15-5)16-6/h8H,7H2,1-6H3. The van der Waals surface area contributed by atoms with Crippen LogP contribution in [0, 0.1) is 0 Å².